The molecule has 0 spiro atoms. The van der Waals surface area contributed by atoms with Crippen molar-refractivity contribution >= 4 is 58.0 Å². The summed E-state index contributed by atoms with van der Waals surface area (Å²) >= 11 is 18.3. The number of amides is 2. The lowest BCUT2D eigenvalue weighted by Crippen LogP contribution is -2.37. The lowest BCUT2D eigenvalue weighted by Gasteiger charge is -2.29. The third kappa shape index (κ3) is 3.38. The average Bonchev–Trinajstić information content (AvgIpc) is 3.26. The summed E-state index contributed by atoms with van der Waals surface area (Å²) in [7, 11) is 0. The van der Waals surface area contributed by atoms with Crippen molar-refractivity contribution in [1.82, 2.24) is 0 Å². The van der Waals surface area contributed by atoms with Crippen molar-refractivity contribution in [2.75, 3.05) is 9.96 Å². The Balaban J connectivity index is 1.59. The molecule has 2 saturated heterocycles. The minimum atomic E-state index is -0.972. The van der Waals surface area contributed by atoms with Gasteiger partial charge in [-0.1, -0.05) is 65.1 Å². The topological polar surface area (TPSA) is 49.9 Å². The van der Waals surface area contributed by atoms with Crippen LogP contribution < -0.4 is 9.96 Å². The van der Waals surface area contributed by atoms with Crippen LogP contribution in [0.1, 0.15) is 11.6 Å². The van der Waals surface area contributed by atoms with E-state index in [0.29, 0.717) is 15.7 Å². The number of para-hydroxylation sites is 1. The van der Waals surface area contributed by atoms with Gasteiger partial charge in [0.15, 0.2) is 6.10 Å². The maximum absolute atomic E-state index is 13.5. The first-order valence-corrected chi connectivity index (χ1v) is 10.7. The smallest absolute Gasteiger partial charge is 0.266 e. The summed E-state index contributed by atoms with van der Waals surface area (Å²) in [4.78, 5) is 34.0. The van der Waals surface area contributed by atoms with E-state index in [4.69, 9.17) is 39.6 Å². The number of hydrogen-bond donors (Lipinski definition) is 0. The highest BCUT2D eigenvalue weighted by molar-refractivity contribution is 6.38. The Morgan fingerprint density at radius 3 is 2.13 bits per heavy atom. The van der Waals surface area contributed by atoms with E-state index in [9.17, 15) is 9.59 Å². The number of hydroxylamine groups is 1. The molecule has 2 aliphatic rings. The molecule has 8 heteroatoms. The molecule has 2 fully saturated rings. The van der Waals surface area contributed by atoms with Crippen molar-refractivity contribution < 1.29 is 14.4 Å². The van der Waals surface area contributed by atoms with Crippen LogP contribution in [0, 0.1) is 5.92 Å². The standard InChI is InChI=1S/C23H15Cl3N2O3/c24-14-8-6-13(7-9-14)20-19-21(31-28(20)16-4-2-1-3-5-16)23(30)27(22(19)29)18-11-10-15(25)12-17(18)26/h1-12,19-21H/t19-,20+,21-/m1/s1. The quantitative estimate of drug-likeness (QED) is 0.458. The highest BCUT2D eigenvalue weighted by Gasteiger charge is 2.60. The SMILES string of the molecule is O=C1[C@H]2[C@@H](ON(c3ccccc3)[C@H]2c2ccc(Cl)cc2)C(=O)N1c1ccc(Cl)cc1Cl. The summed E-state index contributed by atoms with van der Waals surface area (Å²) in [6, 6.07) is 20.7. The lowest BCUT2D eigenvalue weighted by atomic mass is 9.90. The maximum atomic E-state index is 13.5. The van der Waals surface area contributed by atoms with Crippen LogP contribution in [0.4, 0.5) is 11.4 Å². The fourth-order valence-electron chi connectivity index (χ4n) is 4.11. The molecule has 0 radical (unpaired) electrons. The number of anilines is 2. The second-order valence-electron chi connectivity index (χ2n) is 7.32. The third-order valence-electron chi connectivity index (χ3n) is 5.49. The monoisotopic (exact) mass is 472 g/mol. The molecule has 3 atom stereocenters. The summed E-state index contributed by atoms with van der Waals surface area (Å²) in [5.41, 5.74) is 1.85. The molecule has 0 N–H and O–H groups in total. The Morgan fingerprint density at radius 2 is 1.45 bits per heavy atom. The highest BCUT2D eigenvalue weighted by Crippen LogP contribution is 2.48. The number of fused-ring (bicyclic) bond motifs is 1. The number of halogens is 3. The third-order valence-corrected chi connectivity index (χ3v) is 6.28. The first kappa shape index (κ1) is 20.3. The van der Waals surface area contributed by atoms with Gasteiger partial charge in [-0.15, -0.1) is 0 Å². The van der Waals surface area contributed by atoms with E-state index in [1.54, 1.807) is 29.3 Å². The average molecular weight is 474 g/mol. The predicted octanol–water partition coefficient (Wildman–Crippen LogP) is 5.70. The lowest BCUT2D eigenvalue weighted by molar-refractivity contribution is -0.126. The van der Waals surface area contributed by atoms with Gasteiger partial charge >= 0.3 is 0 Å². The van der Waals surface area contributed by atoms with Gasteiger partial charge in [-0.25, -0.2) is 9.96 Å². The first-order valence-electron chi connectivity index (χ1n) is 9.55. The molecule has 31 heavy (non-hydrogen) atoms. The Kier molecular flexibility index (Phi) is 5.15. The predicted molar refractivity (Wildman–Crippen MR) is 120 cm³/mol. The Labute approximate surface area is 193 Å². The zero-order valence-electron chi connectivity index (χ0n) is 15.9. The molecule has 3 aromatic rings. The number of imide groups is 1. The van der Waals surface area contributed by atoms with Crippen molar-refractivity contribution in [3.63, 3.8) is 0 Å². The summed E-state index contributed by atoms with van der Waals surface area (Å²) in [5.74, 6) is -1.59. The van der Waals surface area contributed by atoms with Crippen LogP contribution in [0.15, 0.2) is 72.8 Å². The van der Waals surface area contributed by atoms with E-state index in [2.05, 4.69) is 0 Å². The molecule has 0 saturated carbocycles. The zero-order valence-corrected chi connectivity index (χ0v) is 18.2. The van der Waals surface area contributed by atoms with Gasteiger partial charge in [0.2, 0.25) is 5.91 Å². The molecular formula is C23H15Cl3N2O3. The van der Waals surface area contributed by atoms with Gasteiger partial charge in [0.05, 0.1) is 22.4 Å². The molecule has 0 bridgehead atoms. The van der Waals surface area contributed by atoms with Crippen LogP contribution in [0.5, 0.6) is 0 Å². The van der Waals surface area contributed by atoms with Crippen LogP contribution in [0.2, 0.25) is 15.1 Å². The molecule has 0 aromatic heterocycles. The molecule has 2 heterocycles. The summed E-state index contributed by atoms with van der Waals surface area (Å²) in [6.07, 6.45) is -0.972. The van der Waals surface area contributed by atoms with Gasteiger partial charge in [0.25, 0.3) is 5.91 Å². The minimum absolute atomic E-state index is 0.220. The zero-order chi connectivity index (χ0) is 21.7. The summed E-state index contributed by atoms with van der Waals surface area (Å²) in [6.45, 7) is 0. The van der Waals surface area contributed by atoms with E-state index >= 15 is 0 Å². The highest BCUT2D eigenvalue weighted by atomic mass is 35.5. The summed E-state index contributed by atoms with van der Waals surface area (Å²) in [5, 5.41) is 2.85. The largest absolute Gasteiger partial charge is 0.273 e. The second kappa shape index (κ2) is 7.84. The molecule has 5 nitrogen and oxygen atoms in total. The van der Waals surface area contributed by atoms with Crippen LogP contribution in [0.3, 0.4) is 0 Å². The fourth-order valence-corrected chi connectivity index (χ4v) is 4.73. The number of carbonyl (C=O) groups excluding carboxylic acids is 2. The molecule has 5 rings (SSSR count). The van der Waals surface area contributed by atoms with Gasteiger partial charge in [-0.3, -0.25) is 14.4 Å². The Morgan fingerprint density at radius 1 is 0.774 bits per heavy atom. The minimum Gasteiger partial charge on any atom is -0.273 e. The van der Waals surface area contributed by atoms with E-state index < -0.39 is 24.0 Å². The molecular weight excluding hydrogens is 459 g/mol. The van der Waals surface area contributed by atoms with Crippen molar-refractivity contribution in [2.24, 2.45) is 5.92 Å². The number of carbonyl (C=O) groups is 2. The van der Waals surface area contributed by atoms with E-state index in [0.717, 1.165) is 16.2 Å². The van der Waals surface area contributed by atoms with Gasteiger partial charge in [0, 0.05) is 10.0 Å². The normalized spacial score (nSPS) is 22.9. The van der Waals surface area contributed by atoms with E-state index in [1.165, 1.54) is 6.07 Å². The van der Waals surface area contributed by atoms with Crippen LogP contribution in [0.25, 0.3) is 0 Å². The summed E-state index contributed by atoms with van der Waals surface area (Å²) < 4.78 is 0. The van der Waals surface area contributed by atoms with Crippen LogP contribution >= 0.6 is 34.8 Å². The molecule has 0 unspecified atom stereocenters. The maximum Gasteiger partial charge on any atom is 0.266 e. The fraction of sp³-hybridized carbons (Fsp3) is 0.130. The van der Waals surface area contributed by atoms with Gasteiger partial charge in [-0.2, -0.15) is 0 Å². The van der Waals surface area contributed by atoms with Crippen molar-refractivity contribution in [3.05, 3.63) is 93.4 Å². The van der Waals surface area contributed by atoms with E-state index in [1.807, 2.05) is 42.5 Å². The number of nitrogens with zero attached hydrogens (tertiary/aromatic N) is 2. The van der Waals surface area contributed by atoms with Crippen LogP contribution in [-0.4, -0.2) is 17.9 Å². The number of hydrogen-bond acceptors (Lipinski definition) is 4. The van der Waals surface area contributed by atoms with E-state index in [-0.39, 0.29) is 10.9 Å². The molecule has 0 aliphatic carbocycles. The van der Waals surface area contributed by atoms with Gasteiger partial charge < -0.3 is 0 Å². The molecule has 156 valence electrons. The van der Waals surface area contributed by atoms with Gasteiger partial charge in [-0.05, 0) is 48.0 Å². The van der Waals surface area contributed by atoms with Crippen molar-refractivity contribution in [2.45, 2.75) is 12.1 Å². The first-order chi connectivity index (χ1) is 15.0. The van der Waals surface area contributed by atoms with Gasteiger partial charge in [0.1, 0.15) is 5.92 Å². The van der Waals surface area contributed by atoms with Crippen molar-refractivity contribution in [3.8, 4) is 0 Å². The van der Waals surface area contributed by atoms with Crippen molar-refractivity contribution in [1.29, 1.82) is 0 Å². The second-order valence-corrected chi connectivity index (χ2v) is 8.60. The molecule has 2 amide bonds. The Bertz CT molecular complexity index is 1170. The molecule has 2 aliphatic heterocycles. The molecule has 3 aromatic carbocycles. The number of benzene rings is 3. The van der Waals surface area contributed by atoms with Crippen LogP contribution in [-0.2, 0) is 14.4 Å². The Hall–Kier alpha value is -2.57. The number of rotatable bonds is 3.